The number of fused-ring (bicyclic) bond motifs is 1. The van der Waals surface area contributed by atoms with E-state index in [0.717, 1.165) is 21.3 Å². The second-order valence-electron chi connectivity index (χ2n) is 5.73. The van der Waals surface area contributed by atoms with Crippen molar-refractivity contribution >= 4 is 39.1 Å². The van der Waals surface area contributed by atoms with Crippen LogP contribution in [0.1, 0.15) is 27.0 Å². The number of thiazole rings is 1. The van der Waals surface area contributed by atoms with Gasteiger partial charge in [-0.2, -0.15) is 4.99 Å². The number of hydrogen-bond donors (Lipinski definition) is 0. The Bertz CT molecular complexity index is 998. The lowest BCUT2D eigenvalue weighted by Gasteiger charge is -2.02. The molecule has 0 N–H and O–H groups in total. The average Bonchev–Trinajstić information content (AvgIpc) is 2.78. The number of nitrogens with zero attached hydrogens (tertiary/aromatic N) is 2. The fourth-order valence-electron chi connectivity index (χ4n) is 2.60. The molecule has 1 heterocycles. The Kier molecular flexibility index (Phi) is 4.13. The molecule has 3 nitrogen and oxygen atoms in total. The molecule has 0 unspecified atom stereocenters. The van der Waals surface area contributed by atoms with Gasteiger partial charge in [0.2, 0.25) is 0 Å². The predicted octanol–water partition coefficient (Wildman–Crippen LogP) is 4.56. The molecule has 0 saturated heterocycles. The van der Waals surface area contributed by atoms with Gasteiger partial charge in [-0.25, -0.2) is 0 Å². The van der Waals surface area contributed by atoms with Crippen LogP contribution in [0.3, 0.4) is 0 Å². The molecule has 0 aliphatic rings. The maximum absolute atomic E-state index is 12.5. The third kappa shape index (κ3) is 2.96. The first-order valence-corrected chi connectivity index (χ1v) is 8.48. The van der Waals surface area contributed by atoms with Crippen LogP contribution in [-0.4, -0.2) is 10.5 Å². The molecule has 23 heavy (non-hydrogen) atoms. The molecular weight excluding hydrogens is 328 g/mol. The lowest BCUT2D eigenvalue weighted by Crippen LogP contribution is -2.13. The molecule has 1 aromatic heterocycles. The minimum Gasteiger partial charge on any atom is -0.319 e. The lowest BCUT2D eigenvalue weighted by atomic mass is 10.1. The van der Waals surface area contributed by atoms with Crippen molar-refractivity contribution in [3.05, 3.63) is 62.4 Å². The van der Waals surface area contributed by atoms with Gasteiger partial charge >= 0.3 is 0 Å². The van der Waals surface area contributed by atoms with Gasteiger partial charge in [-0.3, -0.25) is 4.79 Å². The molecule has 0 saturated carbocycles. The topological polar surface area (TPSA) is 34.4 Å². The van der Waals surface area contributed by atoms with Crippen molar-refractivity contribution in [1.29, 1.82) is 0 Å². The minimum absolute atomic E-state index is 0.223. The van der Waals surface area contributed by atoms with Gasteiger partial charge in [0.1, 0.15) is 0 Å². The second kappa shape index (κ2) is 5.95. The third-order valence-electron chi connectivity index (χ3n) is 4.00. The van der Waals surface area contributed by atoms with Gasteiger partial charge in [0, 0.05) is 17.6 Å². The molecule has 0 aliphatic carbocycles. The summed E-state index contributed by atoms with van der Waals surface area (Å²) >= 11 is 7.59. The lowest BCUT2D eigenvalue weighted by molar-refractivity contribution is 0.0998. The zero-order valence-corrected chi connectivity index (χ0v) is 15.0. The van der Waals surface area contributed by atoms with E-state index in [2.05, 4.69) is 4.99 Å². The number of rotatable bonds is 1. The summed E-state index contributed by atoms with van der Waals surface area (Å²) < 4.78 is 2.98. The highest BCUT2D eigenvalue weighted by Gasteiger charge is 2.10. The fourth-order valence-corrected chi connectivity index (χ4v) is 4.07. The Labute approximate surface area is 143 Å². The Morgan fingerprint density at radius 3 is 2.52 bits per heavy atom. The van der Waals surface area contributed by atoms with Crippen molar-refractivity contribution in [2.45, 2.75) is 20.8 Å². The number of benzene rings is 2. The highest BCUT2D eigenvalue weighted by atomic mass is 35.5. The molecule has 0 aliphatic heterocycles. The summed E-state index contributed by atoms with van der Waals surface area (Å²) in [5.41, 5.74) is 5.01. The summed E-state index contributed by atoms with van der Waals surface area (Å²) in [7, 11) is 1.92. The Morgan fingerprint density at radius 1 is 1.09 bits per heavy atom. The van der Waals surface area contributed by atoms with E-state index in [0.29, 0.717) is 15.4 Å². The van der Waals surface area contributed by atoms with E-state index in [4.69, 9.17) is 11.6 Å². The van der Waals surface area contributed by atoms with Crippen LogP contribution < -0.4 is 4.80 Å². The van der Waals surface area contributed by atoms with Crippen LogP contribution in [-0.2, 0) is 7.05 Å². The molecule has 0 fully saturated rings. The van der Waals surface area contributed by atoms with Crippen LogP contribution in [0.25, 0.3) is 10.2 Å². The van der Waals surface area contributed by atoms with Gasteiger partial charge in [0.15, 0.2) is 4.80 Å². The van der Waals surface area contributed by atoms with Crippen molar-refractivity contribution in [2.24, 2.45) is 12.0 Å². The van der Waals surface area contributed by atoms with Crippen molar-refractivity contribution in [1.82, 2.24) is 4.57 Å². The maximum atomic E-state index is 12.5. The van der Waals surface area contributed by atoms with E-state index in [1.54, 1.807) is 0 Å². The summed E-state index contributed by atoms with van der Waals surface area (Å²) in [5.74, 6) is -0.223. The Morgan fingerprint density at radius 2 is 1.83 bits per heavy atom. The number of carbonyl (C=O) groups excluding carboxylic acids is 1. The van der Waals surface area contributed by atoms with Gasteiger partial charge in [-0.15, -0.1) is 0 Å². The quantitative estimate of drug-likeness (QED) is 0.637. The van der Waals surface area contributed by atoms with Gasteiger partial charge in [0.25, 0.3) is 5.91 Å². The molecule has 1 amide bonds. The van der Waals surface area contributed by atoms with E-state index in [1.165, 1.54) is 16.9 Å². The Hall–Kier alpha value is -1.91. The van der Waals surface area contributed by atoms with E-state index < -0.39 is 0 Å². The summed E-state index contributed by atoms with van der Waals surface area (Å²) in [6, 6.07) is 9.49. The standard InChI is InChI=1S/C18H17ClN2OS/c1-10-5-6-13(7-11(10)2)17(22)20-18-21(4)16-12(3)8-14(19)9-15(16)23-18/h5-9H,1-4H3. The molecule has 0 spiro atoms. The van der Waals surface area contributed by atoms with Gasteiger partial charge in [-0.05, 0) is 61.7 Å². The number of halogens is 1. The number of amides is 1. The SMILES string of the molecule is Cc1ccc(C(=O)N=c2sc3cc(Cl)cc(C)c3n2C)cc1C. The highest BCUT2D eigenvalue weighted by molar-refractivity contribution is 7.16. The molecule has 3 aromatic rings. The van der Waals surface area contributed by atoms with Crippen molar-refractivity contribution in [3.8, 4) is 0 Å². The Balaban J connectivity index is 2.14. The first-order chi connectivity index (χ1) is 10.9. The molecule has 5 heteroatoms. The molecular formula is C18H17ClN2OS. The first-order valence-electron chi connectivity index (χ1n) is 7.29. The van der Waals surface area contributed by atoms with Crippen LogP contribution in [0.4, 0.5) is 0 Å². The van der Waals surface area contributed by atoms with Crippen LogP contribution in [0.2, 0.25) is 5.02 Å². The second-order valence-corrected chi connectivity index (χ2v) is 7.17. The monoisotopic (exact) mass is 344 g/mol. The average molecular weight is 345 g/mol. The largest absolute Gasteiger partial charge is 0.319 e. The van der Waals surface area contributed by atoms with E-state index in [1.807, 2.05) is 62.7 Å². The fraction of sp³-hybridized carbons (Fsp3) is 0.222. The molecule has 0 bridgehead atoms. The summed E-state index contributed by atoms with van der Waals surface area (Å²) in [6.07, 6.45) is 0. The predicted molar refractivity (Wildman–Crippen MR) is 96.4 cm³/mol. The van der Waals surface area contributed by atoms with Crippen LogP contribution in [0.5, 0.6) is 0 Å². The number of aryl methyl sites for hydroxylation is 4. The molecule has 0 atom stereocenters. The first kappa shape index (κ1) is 16.0. The van der Waals surface area contributed by atoms with Gasteiger partial charge in [0.05, 0.1) is 10.2 Å². The highest BCUT2D eigenvalue weighted by Crippen LogP contribution is 2.25. The number of hydrogen-bond acceptors (Lipinski definition) is 2. The van der Waals surface area contributed by atoms with Crippen molar-refractivity contribution < 1.29 is 4.79 Å². The van der Waals surface area contributed by atoms with Crippen molar-refractivity contribution in [2.75, 3.05) is 0 Å². The zero-order chi connectivity index (χ0) is 16.7. The van der Waals surface area contributed by atoms with E-state index in [9.17, 15) is 4.79 Å². The smallest absolute Gasteiger partial charge is 0.279 e. The summed E-state index contributed by atoms with van der Waals surface area (Å²) in [4.78, 5) is 17.4. The molecule has 0 radical (unpaired) electrons. The van der Waals surface area contributed by atoms with Crippen molar-refractivity contribution in [3.63, 3.8) is 0 Å². The van der Waals surface area contributed by atoms with Gasteiger partial charge in [-0.1, -0.05) is 29.0 Å². The summed E-state index contributed by atoms with van der Waals surface area (Å²) in [5, 5.41) is 0.698. The van der Waals surface area contributed by atoms with Crippen LogP contribution >= 0.6 is 22.9 Å². The molecule has 118 valence electrons. The summed E-state index contributed by atoms with van der Waals surface area (Å²) in [6.45, 7) is 6.03. The normalized spacial score (nSPS) is 12.1. The minimum atomic E-state index is -0.223. The van der Waals surface area contributed by atoms with Crippen LogP contribution in [0, 0.1) is 20.8 Å². The maximum Gasteiger partial charge on any atom is 0.279 e. The molecule has 2 aromatic carbocycles. The number of carbonyl (C=O) groups is 1. The molecule has 3 rings (SSSR count). The van der Waals surface area contributed by atoms with Crippen LogP contribution in [0.15, 0.2) is 35.3 Å². The zero-order valence-electron chi connectivity index (χ0n) is 13.5. The van der Waals surface area contributed by atoms with Gasteiger partial charge < -0.3 is 4.57 Å². The van der Waals surface area contributed by atoms with E-state index >= 15 is 0 Å². The third-order valence-corrected chi connectivity index (χ3v) is 5.30. The number of aromatic nitrogens is 1. The van der Waals surface area contributed by atoms with E-state index in [-0.39, 0.29) is 5.91 Å².